The third kappa shape index (κ3) is 8.07. The second-order valence-electron chi connectivity index (χ2n) is 10.5. The summed E-state index contributed by atoms with van der Waals surface area (Å²) in [7, 11) is -3.17. The number of benzene rings is 2. The molecule has 1 saturated heterocycles. The summed E-state index contributed by atoms with van der Waals surface area (Å²) in [6.07, 6.45) is 4.65. The lowest BCUT2D eigenvalue weighted by atomic mass is 9.86. The first-order valence-corrected chi connectivity index (χ1v) is 14.4. The fraction of sp³-hybridized carbons (Fsp3) is 0.536. The summed E-state index contributed by atoms with van der Waals surface area (Å²) in [6, 6.07) is 13.5. The van der Waals surface area contributed by atoms with E-state index >= 15 is 0 Å². The minimum Gasteiger partial charge on any atom is -0.493 e. The largest absolute Gasteiger partial charge is 0.493 e. The van der Waals surface area contributed by atoms with E-state index in [4.69, 9.17) is 4.74 Å². The van der Waals surface area contributed by atoms with Crippen LogP contribution in [0.25, 0.3) is 0 Å². The van der Waals surface area contributed by atoms with E-state index in [9.17, 15) is 13.2 Å². The van der Waals surface area contributed by atoms with Crippen molar-refractivity contribution < 1.29 is 17.9 Å². The summed E-state index contributed by atoms with van der Waals surface area (Å²) in [4.78, 5) is 15.7. The molecule has 3 rings (SSSR count). The number of hydrogen-bond acceptors (Lipinski definition) is 5. The third-order valence-electron chi connectivity index (χ3n) is 6.84. The molecule has 1 amide bonds. The zero-order valence-corrected chi connectivity index (χ0v) is 22.6. The van der Waals surface area contributed by atoms with E-state index in [1.54, 1.807) is 12.1 Å². The Morgan fingerprint density at radius 1 is 1.09 bits per heavy atom. The average molecular weight is 501 g/mol. The molecule has 2 aromatic carbocycles. The molecule has 1 fully saturated rings. The van der Waals surface area contributed by atoms with Gasteiger partial charge in [-0.25, -0.2) is 8.42 Å². The highest BCUT2D eigenvalue weighted by Crippen LogP contribution is 2.25. The van der Waals surface area contributed by atoms with Gasteiger partial charge in [0.25, 0.3) is 0 Å². The van der Waals surface area contributed by atoms with Gasteiger partial charge < -0.3 is 10.1 Å². The van der Waals surface area contributed by atoms with Crippen LogP contribution in [0.15, 0.2) is 47.4 Å². The monoisotopic (exact) mass is 500 g/mol. The number of likely N-dealkylation sites (tertiary alicyclic amines) is 1. The molecule has 0 spiro atoms. The fourth-order valence-corrected chi connectivity index (χ4v) is 5.02. The van der Waals surface area contributed by atoms with E-state index in [2.05, 4.69) is 35.3 Å². The van der Waals surface area contributed by atoms with Crippen LogP contribution in [0.3, 0.4) is 0 Å². The molecule has 2 aromatic rings. The van der Waals surface area contributed by atoms with Gasteiger partial charge in [-0.2, -0.15) is 0 Å². The van der Waals surface area contributed by atoms with E-state index in [0.717, 1.165) is 62.2 Å². The Balaban J connectivity index is 1.39. The van der Waals surface area contributed by atoms with Crippen molar-refractivity contribution in [3.63, 3.8) is 0 Å². The number of carbonyl (C=O) groups excluding carboxylic acids is 1. The van der Waals surface area contributed by atoms with Crippen LogP contribution < -0.4 is 10.1 Å². The van der Waals surface area contributed by atoms with Gasteiger partial charge in [0.15, 0.2) is 9.84 Å². The molecule has 7 heteroatoms. The molecule has 1 N–H and O–H groups in total. The molecule has 0 saturated carbocycles. The SMILES string of the molecule is Cc1ccc(C)c(OCCCC(C)(C)C(=O)NC2CCN(Cc3ccc(S(C)(=O)=O)cc3)CC2)c1. The highest BCUT2D eigenvalue weighted by Gasteiger charge is 2.30. The Hall–Kier alpha value is -2.38. The molecule has 192 valence electrons. The van der Waals surface area contributed by atoms with Crippen LogP contribution in [0.4, 0.5) is 0 Å². The number of ether oxygens (including phenoxy) is 1. The first-order valence-electron chi connectivity index (χ1n) is 12.5. The lowest BCUT2D eigenvalue weighted by Gasteiger charge is -2.34. The van der Waals surface area contributed by atoms with E-state index in [1.807, 2.05) is 32.9 Å². The topological polar surface area (TPSA) is 75.7 Å². The smallest absolute Gasteiger partial charge is 0.225 e. The molecule has 0 aromatic heterocycles. The number of carbonyl (C=O) groups is 1. The molecule has 1 aliphatic rings. The predicted octanol–water partition coefficient (Wildman–Crippen LogP) is 4.67. The Kier molecular flexibility index (Phi) is 9.00. The van der Waals surface area contributed by atoms with Crippen molar-refractivity contribution in [2.45, 2.75) is 70.9 Å². The van der Waals surface area contributed by atoms with Gasteiger partial charge in [-0.3, -0.25) is 9.69 Å². The normalized spacial score (nSPS) is 15.7. The number of sulfone groups is 1. The number of piperidine rings is 1. The van der Waals surface area contributed by atoms with Gasteiger partial charge in [-0.05, 0) is 74.4 Å². The molecule has 0 unspecified atom stereocenters. The summed E-state index contributed by atoms with van der Waals surface area (Å²) in [5.74, 6) is 1.03. The van der Waals surface area contributed by atoms with Gasteiger partial charge in [0.2, 0.25) is 5.91 Å². The molecular weight excluding hydrogens is 460 g/mol. The lowest BCUT2D eigenvalue weighted by Crippen LogP contribution is -2.48. The molecule has 1 heterocycles. The van der Waals surface area contributed by atoms with Gasteiger partial charge in [-0.15, -0.1) is 0 Å². The minimum atomic E-state index is -3.17. The average Bonchev–Trinajstić information content (AvgIpc) is 2.80. The summed E-state index contributed by atoms with van der Waals surface area (Å²) in [5, 5.41) is 3.27. The molecule has 1 aliphatic heterocycles. The second-order valence-corrected chi connectivity index (χ2v) is 12.6. The van der Waals surface area contributed by atoms with Gasteiger partial charge in [0.05, 0.1) is 11.5 Å². The maximum Gasteiger partial charge on any atom is 0.225 e. The highest BCUT2D eigenvalue weighted by atomic mass is 32.2. The summed E-state index contributed by atoms with van der Waals surface area (Å²) < 4.78 is 29.2. The van der Waals surface area contributed by atoms with E-state index in [0.29, 0.717) is 11.5 Å². The quantitative estimate of drug-likeness (QED) is 0.480. The second kappa shape index (κ2) is 11.6. The van der Waals surface area contributed by atoms with Gasteiger partial charge in [0, 0.05) is 37.3 Å². The zero-order valence-electron chi connectivity index (χ0n) is 21.8. The van der Waals surface area contributed by atoms with Crippen LogP contribution in [-0.2, 0) is 21.2 Å². The van der Waals surface area contributed by atoms with Crippen LogP contribution in [0.2, 0.25) is 0 Å². The standard InChI is InChI=1S/C28H40N2O4S/c1-21-7-8-22(2)26(19-21)34-18-6-15-28(3,4)27(31)29-24-13-16-30(17-14-24)20-23-9-11-25(12-10-23)35(5,32)33/h7-12,19,24H,6,13-18,20H2,1-5H3,(H,29,31). The Morgan fingerprint density at radius 2 is 1.74 bits per heavy atom. The van der Waals surface area contributed by atoms with Crippen LogP contribution in [0.5, 0.6) is 5.75 Å². The maximum atomic E-state index is 13.0. The van der Waals surface area contributed by atoms with Gasteiger partial charge in [0.1, 0.15) is 5.75 Å². The van der Waals surface area contributed by atoms with Crippen molar-refractivity contribution >= 4 is 15.7 Å². The first kappa shape index (κ1) is 27.2. The van der Waals surface area contributed by atoms with Crippen LogP contribution >= 0.6 is 0 Å². The van der Waals surface area contributed by atoms with E-state index < -0.39 is 15.3 Å². The van der Waals surface area contributed by atoms with Gasteiger partial charge in [-0.1, -0.05) is 38.1 Å². The summed E-state index contributed by atoms with van der Waals surface area (Å²) >= 11 is 0. The Morgan fingerprint density at radius 3 is 2.37 bits per heavy atom. The van der Waals surface area contributed by atoms with Crippen LogP contribution in [0.1, 0.15) is 56.2 Å². The molecule has 0 aliphatic carbocycles. The van der Waals surface area contributed by atoms with E-state index in [1.165, 1.54) is 11.8 Å². The highest BCUT2D eigenvalue weighted by molar-refractivity contribution is 7.90. The summed E-state index contributed by atoms with van der Waals surface area (Å²) in [6.45, 7) is 11.3. The van der Waals surface area contributed by atoms with Crippen molar-refractivity contribution in [1.82, 2.24) is 10.2 Å². The number of rotatable bonds is 10. The number of nitrogens with zero attached hydrogens (tertiary/aromatic N) is 1. The summed E-state index contributed by atoms with van der Waals surface area (Å²) in [5.41, 5.74) is 2.97. The van der Waals surface area contributed by atoms with Crippen molar-refractivity contribution in [3.8, 4) is 5.75 Å². The molecule has 0 radical (unpaired) electrons. The lowest BCUT2D eigenvalue weighted by molar-refractivity contribution is -0.130. The van der Waals surface area contributed by atoms with E-state index in [-0.39, 0.29) is 11.9 Å². The predicted molar refractivity (Wildman–Crippen MR) is 140 cm³/mol. The molecule has 0 bridgehead atoms. The van der Waals surface area contributed by atoms with Crippen LogP contribution in [-0.4, -0.2) is 51.2 Å². The number of amides is 1. The first-order chi connectivity index (χ1) is 16.4. The third-order valence-corrected chi connectivity index (χ3v) is 7.97. The Labute approximate surface area is 211 Å². The molecule has 0 atom stereocenters. The number of aryl methyl sites for hydroxylation is 2. The van der Waals surface area contributed by atoms with Crippen molar-refractivity contribution in [1.29, 1.82) is 0 Å². The number of hydrogen-bond donors (Lipinski definition) is 1. The minimum absolute atomic E-state index is 0.110. The maximum absolute atomic E-state index is 13.0. The Bertz CT molecular complexity index is 1100. The van der Waals surface area contributed by atoms with Crippen molar-refractivity contribution in [2.24, 2.45) is 5.41 Å². The molecular formula is C28H40N2O4S. The molecule has 35 heavy (non-hydrogen) atoms. The molecule has 6 nitrogen and oxygen atoms in total. The van der Waals surface area contributed by atoms with Crippen molar-refractivity contribution in [3.05, 3.63) is 59.2 Å². The van der Waals surface area contributed by atoms with Crippen LogP contribution in [0, 0.1) is 19.3 Å². The van der Waals surface area contributed by atoms with Gasteiger partial charge >= 0.3 is 0 Å². The van der Waals surface area contributed by atoms with Crippen molar-refractivity contribution in [2.75, 3.05) is 26.0 Å². The zero-order chi connectivity index (χ0) is 25.6. The fourth-order valence-electron chi connectivity index (χ4n) is 4.39. The number of nitrogens with one attached hydrogen (secondary N) is 1.